The molecule has 0 fully saturated rings. The first-order valence-corrected chi connectivity index (χ1v) is 7.87. The third kappa shape index (κ3) is 5.31. The van der Waals surface area contributed by atoms with Crippen LogP contribution in [0.1, 0.15) is 25.1 Å². The number of nitrogens with zero attached hydrogens (tertiary/aromatic N) is 2. The molecule has 1 aromatic heterocycles. The summed E-state index contributed by atoms with van der Waals surface area (Å²) in [5.41, 5.74) is 1.51. The van der Waals surface area contributed by atoms with Gasteiger partial charge in [0.1, 0.15) is 5.69 Å². The molecule has 1 heterocycles. The molecule has 0 spiro atoms. The van der Waals surface area contributed by atoms with Gasteiger partial charge in [0.2, 0.25) is 5.88 Å². The number of hydrogen-bond acceptors (Lipinski definition) is 5. The van der Waals surface area contributed by atoms with Crippen molar-refractivity contribution >= 4 is 5.69 Å². The van der Waals surface area contributed by atoms with Crippen molar-refractivity contribution in [1.82, 2.24) is 10.3 Å². The minimum absolute atomic E-state index is 0.00568. The Kier molecular flexibility index (Phi) is 5.87. The summed E-state index contributed by atoms with van der Waals surface area (Å²) in [6.07, 6.45) is 0. The van der Waals surface area contributed by atoms with Crippen LogP contribution in [0.3, 0.4) is 0 Å². The summed E-state index contributed by atoms with van der Waals surface area (Å²) >= 11 is 0. The summed E-state index contributed by atoms with van der Waals surface area (Å²) in [5, 5.41) is 14.2. The van der Waals surface area contributed by atoms with E-state index in [4.69, 9.17) is 4.74 Å². The van der Waals surface area contributed by atoms with E-state index in [9.17, 15) is 10.1 Å². The fraction of sp³-hybridized carbons (Fsp3) is 0.389. The largest absolute Gasteiger partial charge is 0.477 e. The van der Waals surface area contributed by atoms with Gasteiger partial charge in [-0.25, -0.2) is 4.98 Å². The summed E-state index contributed by atoms with van der Waals surface area (Å²) in [4.78, 5) is 14.5. The molecule has 0 aliphatic rings. The van der Waals surface area contributed by atoms with Crippen LogP contribution in [-0.4, -0.2) is 23.1 Å². The number of ether oxygens (including phenoxy) is 1. The number of rotatable bonds is 8. The van der Waals surface area contributed by atoms with Gasteiger partial charge in [-0.15, -0.1) is 0 Å². The van der Waals surface area contributed by atoms with E-state index in [2.05, 4.69) is 36.3 Å². The summed E-state index contributed by atoms with van der Waals surface area (Å²) < 4.78 is 5.72. The number of aromatic nitrogens is 1. The molecule has 0 saturated carbocycles. The van der Waals surface area contributed by atoms with E-state index in [-0.39, 0.29) is 11.1 Å². The molecule has 0 aliphatic carbocycles. The third-order valence-corrected chi connectivity index (χ3v) is 3.62. The summed E-state index contributed by atoms with van der Waals surface area (Å²) in [5.74, 6) is 0.411. The summed E-state index contributed by atoms with van der Waals surface area (Å²) in [6.45, 7) is 7.87. The SMILES string of the molecule is Cc1nc(OCC(C)(C)CNCc2ccccc2)ccc1[N+](=O)[O-]. The molecule has 1 aromatic carbocycles. The zero-order valence-corrected chi connectivity index (χ0v) is 14.3. The van der Waals surface area contributed by atoms with Gasteiger partial charge >= 0.3 is 0 Å². The molecule has 0 aliphatic heterocycles. The molecule has 0 saturated heterocycles. The van der Waals surface area contributed by atoms with Crippen LogP contribution in [0.2, 0.25) is 0 Å². The van der Waals surface area contributed by atoms with Crippen molar-refractivity contribution in [2.24, 2.45) is 5.41 Å². The first-order chi connectivity index (χ1) is 11.4. The van der Waals surface area contributed by atoms with Gasteiger partial charge in [0.05, 0.1) is 11.5 Å². The van der Waals surface area contributed by atoms with Crippen molar-refractivity contribution in [1.29, 1.82) is 0 Å². The fourth-order valence-corrected chi connectivity index (χ4v) is 2.27. The average Bonchev–Trinajstić information content (AvgIpc) is 2.53. The standard InChI is InChI=1S/C18H23N3O3/c1-14-16(21(22)23)9-10-17(20-14)24-13-18(2,3)12-19-11-15-7-5-4-6-8-15/h4-10,19H,11-13H2,1-3H3. The van der Waals surface area contributed by atoms with E-state index >= 15 is 0 Å². The van der Waals surface area contributed by atoms with E-state index < -0.39 is 4.92 Å². The zero-order valence-electron chi connectivity index (χ0n) is 14.3. The maximum absolute atomic E-state index is 10.8. The van der Waals surface area contributed by atoms with Gasteiger partial charge in [-0.3, -0.25) is 10.1 Å². The van der Waals surface area contributed by atoms with Crippen LogP contribution in [0.15, 0.2) is 42.5 Å². The number of aryl methyl sites for hydroxylation is 1. The van der Waals surface area contributed by atoms with E-state index in [0.717, 1.165) is 13.1 Å². The van der Waals surface area contributed by atoms with Crippen molar-refractivity contribution < 1.29 is 9.66 Å². The second kappa shape index (κ2) is 7.88. The van der Waals surface area contributed by atoms with Gasteiger partial charge in [-0.2, -0.15) is 0 Å². The molecule has 6 heteroatoms. The topological polar surface area (TPSA) is 77.3 Å². The van der Waals surface area contributed by atoms with Crippen molar-refractivity contribution in [2.75, 3.05) is 13.2 Å². The highest BCUT2D eigenvalue weighted by Crippen LogP contribution is 2.21. The van der Waals surface area contributed by atoms with Gasteiger partial charge < -0.3 is 10.1 Å². The lowest BCUT2D eigenvalue weighted by Gasteiger charge is -2.25. The van der Waals surface area contributed by atoms with Crippen LogP contribution >= 0.6 is 0 Å². The molecule has 0 bridgehead atoms. The van der Waals surface area contributed by atoms with E-state index in [1.807, 2.05) is 18.2 Å². The highest BCUT2D eigenvalue weighted by atomic mass is 16.6. The monoisotopic (exact) mass is 329 g/mol. The quantitative estimate of drug-likeness (QED) is 0.592. The molecule has 24 heavy (non-hydrogen) atoms. The normalized spacial score (nSPS) is 11.3. The lowest BCUT2D eigenvalue weighted by atomic mass is 9.95. The van der Waals surface area contributed by atoms with Crippen LogP contribution in [0, 0.1) is 22.5 Å². The molecular weight excluding hydrogens is 306 g/mol. The van der Waals surface area contributed by atoms with Crippen molar-refractivity contribution in [3.8, 4) is 5.88 Å². The van der Waals surface area contributed by atoms with Crippen LogP contribution in [0.5, 0.6) is 5.88 Å². The van der Waals surface area contributed by atoms with Gasteiger partial charge in [0.25, 0.3) is 5.69 Å². The lowest BCUT2D eigenvalue weighted by molar-refractivity contribution is -0.385. The Morgan fingerprint density at radius 1 is 1.21 bits per heavy atom. The maximum Gasteiger partial charge on any atom is 0.290 e. The zero-order chi connectivity index (χ0) is 17.6. The van der Waals surface area contributed by atoms with Crippen molar-refractivity contribution in [2.45, 2.75) is 27.3 Å². The number of hydrogen-bond donors (Lipinski definition) is 1. The summed E-state index contributed by atoms with van der Waals surface area (Å²) in [6, 6.07) is 13.2. The highest BCUT2D eigenvalue weighted by Gasteiger charge is 2.20. The van der Waals surface area contributed by atoms with E-state index in [0.29, 0.717) is 18.2 Å². The number of nitrogens with one attached hydrogen (secondary N) is 1. The average molecular weight is 329 g/mol. The van der Waals surface area contributed by atoms with E-state index in [1.54, 1.807) is 13.0 Å². The van der Waals surface area contributed by atoms with E-state index in [1.165, 1.54) is 11.6 Å². The minimum atomic E-state index is -0.441. The lowest BCUT2D eigenvalue weighted by Crippen LogP contribution is -2.34. The molecular formula is C18H23N3O3. The predicted octanol–water partition coefficient (Wildman–Crippen LogP) is 3.49. The van der Waals surface area contributed by atoms with Gasteiger partial charge in [0.15, 0.2) is 0 Å². The molecule has 0 amide bonds. The molecule has 128 valence electrons. The second-order valence-electron chi connectivity index (χ2n) is 6.55. The van der Waals surface area contributed by atoms with Crippen LogP contribution in [0.25, 0.3) is 0 Å². The second-order valence-corrected chi connectivity index (χ2v) is 6.55. The van der Waals surface area contributed by atoms with Gasteiger partial charge in [0, 0.05) is 30.6 Å². The Hall–Kier alpha value is -2.47. The van der Waals surface area contributed by atoms with Crippen LogP contribution in [-0.2, 0) is 6.54 Å². The predicted molar refractivity (Wildman–Crippen MR) is 93.1 cm³/mol. The van der Waals surface area contributed by atoms with Crippen molar-refractivity contribution in [3.05, 3.63) is 63.8 Å². The molecule has 0 atom stereocenters. The van der Waals surface area contributed by atoms with Gasteiger partial charge in [-0.05, 0) is 12.5 Å². The smallest absolute Gasteiger partial charge is 0.290 e. The first kappa shape index (κ1) is 17.9. The maximum atomic E-state index is 10.8. The Bertz CT molecular complexity index is 687. The van der Waals surface area contributed by atoms with Gasteiger partial charge in [-0.1, -0.05) is 44.2 Å². The number of pyridine rings is 1. The molecule has 0 radical (unpaired) electrons. The Morgan fingerprint density at radius 2 is 1.92 bits per heavy atom. The summed E-state index contributed by atoms with van der Waals surface area (Å²) in [7, 11) is 0. The minimum Gasteiger partial charge on any atom is -0.477 e. The Morgan fingerprint density at radius 3 is 2.54 bits per heavy atom. The van der Waals surface area contributed by atoms with Crippen molar-refractivity contribution in [3.63, 3.8) is 0 Å². The number of benzene rings is 1. The molecule has 1 N–H and O–H groups in total. The molecule has 2 aromatic rings. The first-order valence-electron chi connectivity index (χ1n) is 7.87. The number of nitro groups is 1. The Labute approximate surface area is 142 Å². The highest BCUT2D eigenvalue weighted by molar-refractivity contribution is 5.36. The Balaban J connectivity index is 1.83. The third-order valence-electron chi connectivity index (χ3n) is 3.62. The van der Waals surface area contributed by atoms with Crippen LogP contribution < -0.4 is 10.1 Å². The fourth-order valence-electron chi connectivity index (χ4n) is 2.27. The van der Waals surface area contributed by atoms with Crippen LogP contribution in [0.4, 0.5) is 5.69 Å². The molecule has 0 unspecified atom stereocenters. The molecule has 6 nitrogen and oxygen atoms in total. The molecule has 2 rings (SSSR count).